The molecule has 1 unspecified atom stereocenters. The number of carbonyl (C=O) groups excluding carboxylic acids is 1. The van der Waals surface area contributed by atoms with Crippen molar-refractivity contribution in [3.05, 3.63) is 30.1 Å². The van der Waals surface area contributed by atoms with Crippen molar-refractivity contribution >= 4 is 11.9 Å². The summed E-state index contributed by atoms with van der Waals surface area (Å²) in [5, 5.41) is 7.12. The van der Waals surface area contributed by atoms with Crippen molar-refractivity contribution in [3.63, 3.8) is 0 Å². The number of ether oxygens (including phenoxy) is 1. The molecule has 3 saturated heterocycles. The van der Waals surface area contributed by atoms with E-state index in [1.165, 1.54) is 6.42 Å². The zero-order chi connectivity index (χ0) is 22.5. The summed E-state index contributed by atoms with van der Waals surface area (Å²) in [5.41, 5.74) is 1.20. The molecule has 0 aromatic carbocycles. The van der Waals surface area contributed by atoms with Crippen LogP contribution >= 0.6 is 0 Å². The standard InChI is InChI=1S/C19H27N3O2.C2HF3O2/c23-18-6-2-4-10-22(18)11-16-7-8-19(24-13-16)14-21(15-19)12-17-5-1-3-9-20-17;3-2(4,5)1(6)7/h1,3,5,9,16H,2,4,6-8,10-15H2;(H,6,7). The van der Waals surface area contributed by atoms with E-state index in [9.17, 15) is 18.0 Å². The Morgan fingerprint density at radius 2 is 2.03 bits per heavy atom. The number of hydrogen-bond donors (Lipinski definition) is 1. The zero-order valence-electron chi connectivity index (χ0n) is 17.3. The van der Waals surface area contributed by atoms with Crippen molar-refractivity contribution in [1.82, 2.24) is 14.8 Å². The average molecular weight is 443 g/mol. The fourth-order valence-electron chi connectivity index (χ4n) is 4.28. The molecule has 4 heterocycles. The predicted octanol–water partition coefficient (Wildman–Crippen LogP) is 2.71. The van der Waals surface area contributed by atoms with Gasteiger partial charge in [0.05, 0.1) is 17.9 Å². The molecule has 0 radical (unpaired) electrons. The van der Waals surface area contributed by atoms with Gasteiger partial charge in [0.25, 0.3) is 0 Å². The van der Waals surface area contributed by atoms with Gasteiger partial charge in [-0.25, -0.2) is 4.79 Å². The molecule has 1 N–H and O–H groups in total. The number of aromatic nitrogens is 1. The lowest BCUT2D eigenvalue weighted by Gasteiger charge is -2.53. The van der Waals surface area contributed by atoms with Crippen LogP contribution in [0.15, 0.2) is 24.4 Å². The van der Waals surface area contributed by atoms with Gasteiger partial charge < -0.3 is 14.7 Å². The second-order valence-corrected chi connectivity index (χ2v) is 8.46. The minimum atomic E-state index is -5.08. The van der Waals surface area contributed by atoms with Crippen molar-refractivity contribution in [2.24, 2.45) is 5.92 Å². The highest BCUT2D eigenvalue weighted by Crippen LogP contribution is 2.37. The summed E-state index contributed by atoms with van der Waals surface area (Å²) >= 11 is 0. The summed E-state index contributed by atoms with van der Waals surface area (Å²) in [6.45, 7) is 5.58. The number of carboxylic acid groups (broad SMARTS) is 1. The molecule has 3 fully saturated rings. The summed E-state index contributed by atoms with van der Waals surface area (Å²) in [6.07, 6.45) is 2.03. The molecule has 4 rings (SSSR count). The molecule has 31 heavy (non-hydrogen) atoms. The Kier molecular flexibility index (Phi) is 7.53. The number of hydrogen-bond acceptors (Lipinski definition) is 5. The first-order valence-corrected chi connectivity index (χ1v) is 10.5. The second-order valence-electron chi connectivity index (χ2n) is 8.46. The fraction of sp³-hybridized carbons (Fsp3) is 0.667. The molecule has 0 saturated carbocycles. The summed E-state index contributed by atoms with van der Waals surface area (Å²) in [4.78, 5) is 29.7. The number of carbonyl (C=O) groups is 2. The topological polar surface area (TPSA) is 83.0 Å². The van der Waals surface area contributed by atoms with E-state index in [1.54, 1.807) is 0 Å². The fourth-order valence-corrected chi connectivity index (χ4v) is 4.28. The summed E-state index contributed by atoms with van der Waals surface area (Å²) < 4.78 is 38.0. The minimum absolute atomic E-state index is 0.0667. The molecule has 1 amide bonds. The van der Waals surface area contributed by atoms with Gasteiger partial charge in [-0.2, -0.15) is 13.2 Å². The van der Waals surface area contributed by atoms with Crippen LogP contribution in [0.3, 0.4) is 0 Å². The summed E-state index contributed by atoms with van der Waals surface area (Å²) in [5.74, 6) is -1.90. The van der Waals surface area contributed by atoms with Crippen LogP contribution in [0.4, 0.5) is 13.2 Å². The molecule has 1 aromatic heterocycles. The van der Waals surface area contributed by atoms with Crippen LogP contribution in [0.2, 0.25) is 0 Å². The minimum Gasteiger partial charge on any atom is -0.475 e. The van der Waals surface area contributed by atoms with Crippen LogP contribution < -0.4 is 0 Å². The normalized spacial score (nSPS) is 23.6. The molecule has 10 heteroatoms. The van der Waals surface area contributed by atoms with Gasteiger partial charge in [0.2, 0.25) is 5.91 Å². The first-order valence-electron chi connectivity index (χ1n) is 10.5. The summed E-state index contributed by atoms with van der Waals surface area (Å²) in [7, 11) is 0. The van der Waals surface area contributed by atoms with E-state index >= 15 is 0 Å². The average Bonchev–Trinajstić information content (AvgIpc) is 2.70. The zero-order valence-corrected chi connectivity index (χ0v) is 17.3. The number of likely N-dealkylation sites (tertiary alicyclic amines) is 2. The third kappa shape index (κ3) is 6.64. The van der Waals surface area contributed by atoms with Gasteiger partial charge in [-0.3, -0.25) is 14.7 Å². The van der Waals surface area contributed by atoms with Gasteiger partial charge in [0, 0.05) is 51.3 Å². The molecular formula is C21H28F3N3O4. The third-order valence-electron chi connectivity index (χ3n) is 5.91. The lowest BCUT2D eigenvalue weighted by Crippen LogP contribution is -2.64. The maximum atomic E-state index is 12.0. The van der Waals surface area contributed by atoms with Gasteiger partial charge >= 0.3 is 12.1 Å². The van der Waals surface area contributed by atoms with E-state index < -0.39 is 12.1 Å². The van der Waals surface area contributed by atoms with Crippen LogP contribution in [-0.4, -0.2) is 76.3 Å². The molecule has 1 aromatic rings. The molecular weight excluding hydrogens is 415 g/mol. The molecule has 1 atom stereocenters. The number of pyridine rings is 1. The van der Waals surface area contributed by atoms with E-state index in [-0.39, 0.29) is 5.60 Å². The Morgan fingerprint density at radius 1 is 1.29 bits per heavy atom. The van der Waals surface area contributed by atoms with E-state index in [4.69, 9.17) is 14.6 Å². The van der Waals surface area contributed by atoms with Crippen molar-refractivity contribution < 1.29 is 32.6 Å². The Labute approximate surface area is 179 Å². The monoisotopic (exact) mass is 443 g/mol. The Balaban J connectivity index is 0.000000339. The number of halogens is 3. The number of piperidine rings is 1. The molecule has 7 nitrogen and oxygen atoms in total. The molecule has 172 valence electrons. The summed E-state index contributed by atoms with van der Waals surface area (Å²) in [6, 6.07) is 6.08. The van der Waals surface area contributed by atoms with Crippen molar-refractivity contribution in [1.29, 1.82) is 0 Å². The van der Waals surface area contributed by atoms with Crippen LogP contribution in [-0.2, 0) is 20.9 Å². The lowest BCUT2D eigenvalue weighted by atomic mass is 9.82. The van der Waals surface area contributed by atoms with Crippen LogP contribution in [0.25, 0.3) is 0 Å². The van der Waals surface area contributed by atoms with E-state index in [0.717, 1.165) is 70.7 Å². The Morgan fingerprint density at radius 3 is 2.58 bits per heavy atom. The van der Waals surface area contributed by atoms with Crippen molar-refractivity contribution in [2.75, 3.05) is 32.8 Å². The maximum Gasteiger partial charge on any atom is 0.490 e. The van der Waals surface area contributed by atoms with Crippen LogP contribution in [0.1, 0.15) is 37.8 Å². The molecule has 0 aliphatic carbocycles. The number of carboxylic acids is 1. The molecule has 3 aliphatic heterocycles. The first-order chi connectivity index (χ1) is 14.7. The van der Waals surface area contributed by atoms with Crippen LogP contribution in [0, 0.1) is 5.92 Å². The Bertz CT molecular complexity index is 744. The molecule has 3 aliphatic rings. The molecule has 0 bridgehead atoms. The number of aliphatic carboxylic acids is 1. The lowest BCUT2D eigenvalue weighted by molar-refractivity contribution is -0.192. The highest BCUT2D eigenvalue weighted by atomic mass is 19.4. The van der Waals surface area contributed by atoms with E-state index in [0.29, 0.717) is 11.8 Å². The highest BCUT2D eigenvalue weighted by Gasteiger charge is 2.46. The molecule has 1 spiro atoms. The SMILES string of the molecule is O=C(O)C(F)(F)F.O=C1CCCCN1CC1CCC2(CN(Cc3ccccn3)C2)OC1. The quantitative estimate of drug-likeness (QED) is 0.771. The van der Waals surface area contributed by atoms with Gasteiger partial charge in [-0.1, -0.05) is 6.07 Å². The van der Waals surface area contributed by atoms with Gasteiger partial charge in [-0.05, 0) is 37.8 Å². The predicted molar refractivity (Wildman–Crippen MR) is 105 cm³/mol. The highest BCUT2D eigenvalue weighted by molar-refractivity contribution is 5.76. The third-order valence-corrected chi connectivity index (χ3v) is 5.91. The maximum absolute atomic E-state index is 12.0. The Hall–Kier alpha value is -2.20. The largest absolute Gasteiger partial charge is 0.490 e. The van der Waals surface area contributed by atoms with E-state index in [1.807, 2.05) is 18.3 Å². The van der Waals surface area contributed by atoms with Crippen molar-refractivity contribution in [3.8, 4) is 0 Å². The number of alkyl halides is 3. The van der Waals surface area contributed by atoms with Gasteiger partial charge in [-0.15, -0.1) is 0 Å². The number of amides is 1. The van der Waals surface area contributed by atoms with Crippen LogP contribution in [0.5, 0.6) is 0 Å². The first kappa shape index (κ1) is 23.5. The smallest absolute Gasteiger partial charge is 0.475 e. The van der Waals surface area contributed by atoms with Crippen molar-refractivity contribution in [2.45, 2.75) is 50.4 Å². The van der Waals surface area contributed by atoms with E-state index in [2.05, 4.69) is 20.9 Å². The number of nitrogens with zero attached hydrogens (tertiary/aromatic N) is 3. The number of rotatable bonds is 4. The second kappa shape index (κ2) is 9.95. The van der Waals surface area contributed by atoms with Gasteiger partial charge in [0.15, 0.2) is 0 Å². The van der Waals surface area contributed by atoms with Gasteiger partial charge in [0.1, 0.15) is 0 Å².